The van der Waals surface area contributed by atoms with Crippen LogP contribution in [0.2, 0.25) is 5.02 Å². The third kappa shape index (κ3) is 5.90. The first-order valence-corrected chi connectivity index (χ1v) is 12.7. The Morgan fingerprint density at radius 2 is 1.29 bits per heavy atom. The molecule has 0 aliphatic rings. The second kappa shape index (κ2) is 12.4. The quantitative estimate of drug-likeness (QED) is 0.204. The molecule has 1 N–H and O–H groups in total. The van der Waals surface area contributed by atoms with Crippen molar-refractivity contribution in [3.05, 3.63) is 136 Å². The van der Waals surface area contributed by atoms with Gasteiger partial charge in [0.1, 0.15) is 11.8 Å². The molecular weight excluding hydrogens is 498 g/mol. The summed E-state index contributed by atoms with van der Waals surface area (Å²) in [5.74, 6) is -0.279. The number of carbonyl (C=O) groups is 2. The first-order chi connectivity index (χ1) is 18.5. The van der Waals surface area contributed by atoms with Gasteiger partial charge < -0.3 is 14.8 Å². The second-order valence-electron chi connectivity index (χ2n) is 9.00. The fourth-order valence-electron chi connectivity index (χ4n) is 4.87. The Hall–Kier alpha value is -4.09. The van der Waals surface area contributed by atoms with Crippen molar-refractivity contribution in [1.82, 2.24) is 5.32 Å². The van der Waals surface area contributed by atoms with E-state index in [0.717, 1.165) is 22.3 Å². The van der Waals surface area contributed by atoms with E-state index in [1.807, 2.05) is 97.1 Å². The molecule has 0 heterocycles. The first kappa shape index (κ1) is 27.0. The molecule has 0 bridgehead atoms. The highest BCUT2D eigenvalue weighted by atomic mass is 35.5. The van der Waals surface area contributed by atoms with Crippen LogP contribution in [0.3, 0.4) is 0 Å². The van der Waals surface area contributed by atoms with Crippen molar-refractivity contribution < 1.29 is 19.1 Å². The summed E-state index contributed by atoms with van der Waals surface area (Å²) < 4.78 is 10.3. The van der Waals surface area contributed by atoms with E-state index in [-0.39, 0.29) is 18.7 Å². The van der Waals surface area contributed by atoms with Crippen LogP contribution in [0.15, 0.2) is 109 Å². The Bertz CT molecular complexity index is 1260. The van der Waals surface area contributed by atoms with Crippen molar-refractivity contribution in [3.63, 3.8) is 0 Å². The van der Waals surface area contributed by atoms with Crippen molar-refractivity contribution in [3.8, 4) is 5.75 Å². The summed E-state index contributed by atoms with van der Waals surface area (Å²) in [7, 11) is 2.85. The molecule has 1 atom stereocenters. The number of ether oxygens (including phenoxy) is 2. The molecule has 0 fully saturated rings. The maximum absolute atomic E-state index is 13.8. The van der Waals surface area contributed by atoms with Crippen LogP contribution in [0.5, 0.6) is 5.75 Å². The summed E-state index contributed by atoms with van der Waals surface area (Å²) >= 11 is 6.29. The van der Waals surface area contributed by atoms with Crippen molar-refractivity contribution in [2.45, 2.75) is 24.3 Å². The fraction of sp³-hybridized carbons (Fsp3) is 0.188. The Morgan fingerprint density at radius 3 is 1.71 bits per heavy atom. The fourth-order valence-corrected chi connectivity index (χ4v) is 5.15. The molecule has 38 heavy (non-hydrogen) atoms. The molecule has 1 amide bonds. The summed E-state index contributed by atoms with van der Waals surface area (Å²) in [5, 5.41) is 3.37. The van der Waals surface area contributed by atoms with Gasteiger partial charge in [-0.25, -0.2) is 4.79 Å². The zero-order chi connectivity index (χ0) is 27.0. The standard InChI is InChI=1S/C32H30ClNO4/c1-37-29-19-18-23(20-27(29)33)21-28(31(36)38-2)34-30(35)22-32(24-12-6-3-7-13-24,25-14-8-4-9-15-25)26-16-10-5-11-17-26/h3-20,28H,21-22H2,1-2H3,(H,34,35)/t28-/m1/s1. The summed E-state index contributed by atoms with van der Waals surface area (Å²) in [4.78, 5) is 26.5. The summed E-state index contributed by atoms with van der Waals surface area (Å²) in [6, 6.07) is 34.3. The van der Waals surface area contributed by atoms with Crippen molar-refractivity contribution in [2.24, 2.45) is 0 Å². The van der Waals surface area contributed by atoms with Crippen molar-refractivity contribution in [2.75, 3.05) is 14.2 Å². The lowest BCUT2D eigenvalue weighted by atomic mass is 9.67. The lowest BCUT2D eigenvalue weighted by molar-refractivity contribution is -0.145. The van der Waals surface area contributed by atoms with E-state index in [1.165, 1.54) is 14.2 Å². The first-order valence-electron chi connectivity index (χ1n) is 12.3. The van der Waals surface area contributed by atoms with Crippen LogP contribution in [0.25, 0.3) is 0 Å². The normalized spacial score (nSPS) is 11.9. The highest BCUT2D eigenvalue weighted by molar-refractivity contribution is 6.32. The van der Waals surface area contributed by atoms with Gasteiger partial charge in [0, 0.05) is 12.8 Å². The molecule has 0 spiro atoms. The second-order valence-corrected chi connectivity index (χ2v) is 9.40. The van der Waals surface area contributed by atoms with Gasteiger partial charge in [-0.2, -0.15) is 0 Å². The number of rotatable bonds is 10. The maximum atomic E-state index is 13.8. The van der Waals surface area contributed by atoms with Crippen LogP contribution in [-0.2, 0) is 26.2 Å². The van der Waals surface area contributed by atoms with Crippen LogP contribution in [0, 0.1) is 0 Å². The smallest absolute Gasteiger partial charge is 0.328 e. The zero-order valence-electron chi connectivity index (χ0n) is 21.4. The van der Waals surface area contributed by atoms with Crippen LogP contribution in [0.1, 0.15) is 28.7 Å². The molecule has 0 saturated carbocycles. The molecule has 0 saturated heterocycles. The third-order valence-electron chi connectivity index (χ3n) is 6.70. The molecule has 194 valence electrons. The number of amides is 1. The Balaban J connectivity index is 1.71. The number of benzene rings is 4. The number of hydrogen-bond acceptors (Lipinski definition) is 4. The highest BCUT2D eigenvalue weighted by Gasteiger charge is 2.39. The predicted octanol–water partition coefficient (Wildman–Crippen LogP) is 5.97. The molecule has 4 rings (SSSR count). The SMILES string of the molecule is COC(=O)[C@@H](Cc1ccc(OC)c(Cl)c1)NC(=O)CC(c1ccccc1)(c1ccccc1)c1ccccc1. The highest BCUT2D eigenvalue weighted by Crippen LogP contribution is 2.42. The minimum absolute atomic E-state index is 0.0852. The van der Waals surface area contributed by atoms with Gasteiger partial charge in [-0.15, -0.1) is 0 Å². The van der Waals surface area contributed by atoms with Gasteiger partial charge in [-0.1, -0.05) is 109 Å². The van der Waals surface area contributed by atoms with E-state index in [1.54, 1.807) is 12.1 Å². The lowest BCUT2D eigenvalue weighted by Crippen LogP contribution is -2.46. The molecule has 0 aliphatic heterocycles. The molecular formula is C32H30ClNO4. The van der Waals surface area contributed by atoms with E-state index >= 15 is 0 Å². The van der Waals surface area contributed by atoms with Gasteiger partial charge in [-0.05, 0) is 34.4 Å². The number of methoxy groups -OCH3 is 2. The number of esters is 1. The largest absolute Gasteiger partial charge is 0.495 e. The molecule has 4 aromatic rings. The van der Waals surface area contributed by atoms with E-state index in [4.69, 9.17) is 21.1 Å². The Morgan fingerprint density at radius 1 is 0.789 bits per heavy atom. The Labute approximate surface area is 228 Å². The summed E-state index contributed by atoms with van der Waals surface area (Å²) in [6.45, 7) is 0. The van der Waals surface area contributed by atoms with Crippen LogP contribution < -0.4 is 10.1 Å². The minimum Gasteiger partial charge on any atom is -0.495 e. The maximum Gasteiger partial charge on any atom is 0.328 e. The Kier molecular flexibility index (Phi) is 8.82. The monoisotopic (exact) mass is 527 g/mol. The van der Waals surface area contributed by atoms with Gasteiger partial charge in [0.25, 0.3) is 0 Å². The molecule has 0 radical (unpaired) electrons. The summed E-state index contributed by atoms with van der Waals surface area (Å²) in [5.41, 5.74) is 2.92. The molecule has 5 nitrogen and oxygen atoms in total. The van der Waals surface area contributed by atoms with Crippen LogP contribution in [-0.4, -0.2) is 32.1 Å². The molecule has 0 aliphatic carbocycles. The van der Waals surface area contributed by atoms with Gasteiger partial charge in [0.15, 0.2) is 0 Å². The topological polar surface area (TPSA) is 64.6 Å². The summed E-state index contributed by atoms with van der Waals surface area (Å²) in [6.07, 6.45) is 0.305. The molecule has 0 aromatic heterocycles. The van der Waals surface area contributed by atoms with Gasteiger partial charge >= 0.3 is 5.97 Å². The lowest BCUT2D eigenvalue weighted by Gasteiger charge is -2.36. The number of halogens is 1. The van der Waals surface area contributed by atoms with Gasteiger partial charge in [0.2, 0.25) is 5.91 Å². The van der Waals surface area contributed by atoms with E-state index in [2.05, 4.69) is 5.32 Å². The van der Waals surface area contributed by atoms with Crippen molar-refractivity contribution >= 4 is 23.5 Å². The minimum atomic E-state index is -0.892. The average molecular weight is 528 g/mol. The van der Waals surface area contributed by atoms with Gasteiger partial charge in [-0.3, -0.25) is 4.79 Å². The number of nitrogens with one attached hydrogen (secondary N) is 1. The number of hydrogen-bond donors (Lipinski definition) is 1. The van der Waals surface area contributed by atoms with Crippen LogP contribution >= 0.6 is 11.6 Å². The molecule has 4 aromatic carbocycles. The van der Waals surface area contributed by atoms with E-state index in [0.29, 0.717) is 10.8 Å². The van der Waals surface area contributed by atoms with Crippen molar-refractivity contribution in [1.29, 1.82) is 0 Å². The van der Waals surface area contributed by atoms with Crippen LogP contribution in [0.4, 0.5) is 0 Å². The third-order valence-corrected chi connectivity index (χ3v) is 7.00. The van der Waals surface area contributed by atoms with E-state index in [9.17, 15) is 9.59 Å². The molecule has 6 heteroatoms. The molecule has 0 unspecified atom stereocenters. The predicted molar refractivity (Wildman–Crippen MR) is 149 cm³/mol. The average Bonchev–Trinajstić information content (AvgIpc) is 2.96. The zero-order valence-corrected chi connectivity index (χ0v) is 22.2. The number of carbonyl (C=O) groups excluding carboxylic acids is 2. The van der Waals surface area contributed by atoms with Gasteiger partial charge in [0.05, 0.1) is 24.7 Å². The van der Waals surface area contributed by atoms with E-state index < -0.39 is 17.4 Å².